The zero-order chi connectivity index (χ0) is 58.9. The molecule has 0 aromatic heterocycles. The van der Waals surface area contributed by atoms with Gasteiger partial charge in [0.05, 0.1) is 0 Å². The Kier molecular flexibility index (Phi) is 23.4. The van der Waals surface area contributed by atoms with Gasteiger partial charge in [0.1, 0.15) is 0 Å². The van der Waals surface area contributed by atoms with Crippen LogP contribution in [0.3, 0.4) is 0 Å². The molecule has 0 bridgehead atoms. The van der Waals surface area contributed by atoms with E-state index in [-0.39, 0.29) is 0 Å². The van der Waals surface area contributed by atoms with Crippen LogP contribution in [-0.4, -0.2) is 46.1 Å². The van der Waals surface area contributed by atoms with Crippen LogP contribution in [0, 0.1) is 107 Å². The lowest BCUT2D eigenvalue weighted by atomic mass is 9.48. The van der Waals surface area contributed by atoms with Gasteiger partial charge in [0, 0.05) is 36.3 Å². The lowest BCUT2D eigenvalue weighted by molar-refractivity contribution is -0.107. The highest BCUT2D eigenvalue weighted by atomic mass is 15.2. The first-order valence-corrected chi connectivity index (χ1v) is 41.9. The molecule has 0 saturated heterocycles. The van der Waals surface area contributed by atoms with E-state index in [1.807, 2.05) is 0 Å². The minimum absolute atomic E-state index is 0.854. The summed E-state index contributed by atoms with van der Waals surface area (Å²) in [5, 5.41) is 0. The normalized spacial score (nSPS) is 43.8. The molecule has 0 amide bonds. The zero-order valence-electron chi connectivity index (χ0n) is 57.6. The second-order valence-electron chi connectivity index (χ2n) is 35.7. The first kappa shape index (κ1) is 64.2. The highest BCUT2D eigenvalue weighted by Gasteiger charge is 2.55. The summed E-state index contributed by atoms with van der Waals surface area (Å²) in [6, 6.07) is 5.18. The van der Waals surface area contributed by atoms with Crippen LogP contribution in [0.25, 0.3) is 0 Å². The number of allylic oxidation sites excluding steroid dienone is 8. The van der Waals surface area contributed by atoms with Crippen molar-refractivity contribution in [1.29, 1.82) is 0 Å². The molecule has 0 N–H and O–H groups in total. The average molecular weight is 1200 g/mol. The van der Waals surface area contributed by atoms with Crippen molar-refractivity contribution in [3.63, 3.8) is 0 Å². The molecular weight excluding hydrogens is 1060 g/mol. The summed E-state index contributed by atoms with van der Waals surface area (Å²) >= 11 is 0. The minimum Gasteiger partial charge on any atom is -0.294 e. The quantitative estimate of drug-likeness (QED) is 0.142. The van der Waals surface area contributed by atoms with Gasteiger partial charge in [-0.2, -0.15) is 0 Å². The van der Waals surface area contributed by atoms with Crippen molar-refractivity contribution < 1.29 is 0 Å². The SMILES string of the molecule is C(=CC1CCC(N(C2CCC(C=CC3CCCCC3)CC2)C2CCC(C3CCC(C4CCC(N(C5CCC(C=CC6CCCCC6)CC5)C5CCC(C=CC6CCCCC6)CC5)C5CCCCC45)C4CCCCC43)C3CCCCC32)CC1)C1CCCCC1. The van der Waals surface area contributed by atoms with E-state index in [4.69, 9.17) is 0 Å². The van der Waals surface area contributed by atoms with Crippen LogP contribution >= 0.6 is 0 Å². The van der Waals surface area contributed by atoms with E-state index in [0.29, 0.717) is 0 Å². The topological polar surface area (TPSA) is 6.48 Å². The van der Waals surface area contributed by atoms with Gasteiger partial charge in [-0.15, -0.1) is 0 Å². The van der Waals surface area contributed by atoms with Crippen LogP contribution in [0.5, 0.6) is 0 Å². The van der Waals surface area contributed by atoms with Gasteiger partial charge in [0.2, 0.25) is 0 Å². The average Bonchev–Trinajstić information content (AvgIpc) is 0.930. The fraction of sp³-hybridized carbons (Fsp3) is 0.907. The first-order chi connectivity index (χ1) is 43.6. The monoisotopic (exact) mass is 1200 g/mol. The molecular formula is C86H140N2. The smallest absolute Gasteiger partial charge is 0.0132 e. The maximum absolute atomic E-state index is 3.46. The summed E-state index contributed by atoms with van der Waals surface area (Å²) < 4.78 is 0. The number of hydrogen-bond donors (Lipinski definition) is 0. The Morgan fingerprint density at radius 2 is 0.307 bits per heavy atom. The Balaban J connectivity index is 0.657. The van der Waals surface area contributed by atoms with Crippen molar-refractivity contribution in [2.24, 2.45) is 107 Å². The molecule has 0 radical (unpaired) electrons. The van der Waals surface area contributed by atoms with Crippen LogP contribution in [0.4, 0.5) is 0 Å². The Labute approximate surface area is 544 Å². The fourth-order valence-corrected chi connectivity index (χ4v) is 26.5. The van der Waals surface area contributed by atoms with Crippen LogP contribution < -0.4 is 0 Å². The first-order valence-electron chi connectivity index (χ1n) is 41.9. The molecule has 12 unspecified atom stereocenters. The van der Waals surface area contributed by atoms with E-state index in [9.17, 15) is 0 Å². The zero-order valence-corrected chi connectivity index (χ0v) is 57.6. The third-order valence-electron chi connectivity index (χ3n) is 31.0. The highest BCUT2D eigenvalue weighted by Crippen LogP contribution is 2.61. The van der Waals surface area contributed by atoms with E-state index in [1.165, 1.54) is 244 Å². The second kappa shape index (κ2) is 32.1. The maximum atomic E-state index is 3.46. The summed E-state index contributed by atoms with van der Waals surface area (Å²) in [6.07, 6.45) is 104. The van der Waals surface area contributed by atoms with Gasteiger partial charge in [-0.25, -0.2) is 0 Å². The van der Waals surface area contributed by atoms with Gasteiger partial charge >= 0.3 is 0 Å². The molecule has 14 fully saturated rings. The molecule has 0 aliphatic heterocycles. The molecule has 2 nitrogen and oxygen atoms in total. The molecule has 0 aromatic carbocycles. The maximum Gasteiger partial charge on any atom is 0.0132 e. The molecule has 14 aliphatic carbocycles. The summed E-state index contributed by atoms with van der Waals surface area (Å²) in [7, 11) is 0. The van der Waals surface area contributed by atoms with E-state index in [0.717, 1.165) is 143 Å². The van der Waals surface area contributed by atoms with Gasteiger partial charge in [-0.1, -0.05) is 164 Å². The van der Waals surface area contributed by atoms with E-state index >= 15 is 0 Å². The molecule has 12 atom stereocenters. The molecule has 88 heavy (non-hydrogen) atoms. The van der Waals surface area contributed by atoms with Gasteiger partial charge in [-0.05, 0) is 338 Å². The van der Waals surface area contributed by atoms with Crippen molar-refractivity contribution in [3.05, 3.63) is 48.6 Å². The Morgan fingerprint density at radius 1 is 0.136 bits per heavy atom. The Hall–Kier alpha value is -1.12. The summed E-state index contributed by atoms with van der Waals surface area (Å²) in [5.41, 5.74) is 0. The predicted molar refractivity (Wildman–Crippen MR) is 375 cm³/mol. The standard InChI is InChI=1S/C86H140N2/c1-5-19-63(20-6-1)33-37-67-41-49-71(50-42-67)87(72-51-43-68(44-52-72)38-34-64-21-7-2-8-22-64)85-61-59-81(77-29-15-17-31-83(77)85)79-57-58-80(76-28-14-13-27-75(76)79)82-60-62-86(84-32-18-16-30-78(82)84)88(73-53-45-69(46-54-73)39-35-65-23-9-3-10-24-65)74-55-47-70(48-56-74)40-36-66-25-11-4-12-26-66/h33-40,63-86H,1-32,41-62H2. The van der Waals surface area contributed by atoms with E-state index < -0.39 is 0 Å². The molecule has 0 spiro atoms. The molecule has 0 aromatic rings. The number of nitrogens with zero attached hydrogens (tertiary/aromatic N) is 2. The van der Waals surface area contributed by atoms with Gasteiger partial charge in [-0.3, -0.25) is 9.80 Å². The van der Waals surface area contributed by atoms with Crippen LogP contribution in [0.1, 0.15) is 347 Å². The molecule has 14 saturated carbocycles. The van der Waals surface area contributed by atoms with E-state index in [2.05, 4.69) is 58.4 Å². The fourth-order valence-electron chi connectivity index (χ4n) is 26.5. The molecule has 494 valence electrons. The van der Waals surface area contributed by atoms with Crippen LogP contribution in [0.15, 0.2) is 48.6 Å². The lowest BCUT2D eigenvalue weighted by Crippen LogP contribution is -2.59. The molecule has 2 heteroatoms. The Bertz CT molecular complexity index is 1900. The minimum atomic E-state index is 0.854. The molecule has 14 aliphatic rings. The largest absolute Gasteiger partial charge is 0.294 e. The number of fused-ring (bicyclic) bond motifs is 3. The van der Waals surface area contributed by atoms with E-state index in [1.54, 1.807) is 103 Å². The third-order valence-corrected chi connectivity index (χ3v) is 31.0. The van der Waals surface area contributed by atoms with Crippen molar-refractivity contribution in [2.45, 2.75) is 383 Å². The van der Waals surface area contributed by atoms with Crippen LogP contribution in [-0.2, 0) is 0 Å². The van der Waals surface area contributed by atoms with Gasteiger partial charge < -0.3 is 0 Å². The van der Waals surface area contributed by atoms with Crippen molar-refractivity contribution >= 4 is 0 Å². The molecule has 0 heterocycles. The summed E-state index contributed by atoms with van der Waals surface area (Å²) in [5.74, 6) is 17.3. The third kappa shape index (κ3) is 15.7. The number of rotatable bonds is 16. The van der Waals surface area contributed by atoms with Crippen molar-refractivity contribution in [1.82, 2.24) is 9.80 Å². The lowest BCUT2D eigenvalue weighted by Gasteiger charge is -2.60. The summed E-state index contributed by atoms with van der Waals surface area (Å²) in [6.45, 7) is 0. The number of hydrogen-bond acceptors (Lipinski definition) is 2. The second-order valence-corrected chi connectivity index (χ2v) is 35.7. The summed E-state index contributed by atoms with van der Waals surface area (Å²) in [4.78, 5) is 6.92. The molecule has 14 rings (SSSR count). The van der Waals surface area contributed by atoms with Crippen molar-refractivity contribution in [3.8, 4) is 0 Å². The van der Waals surface area contributed by atoms with Crippen LogP contribution in [0.2, 0.25) is 0 Å². The van der Waals surface area contributed by atoms with Gasteiger partial charge in [0.15, 0.2) is 0 Å². The van der Waals surface area contributed by atoms with Gasteiger partial charge in [0.25, 0.3) is 0 Å². The predicted octanol–water partition coefficient (Wildman–Crippen LogP) is 24.4. The van der Waals surface area contributed by atoms with Crippen molar-refractivity contribution in [2.75, 3.05) is 0 Å². The highest BCUT2D eigenvalue weighted by molar-refractivity contribution is 5.09. The Morgan fingerprint density at radius 3 is 0.545 bits per heavy atom.